The smallest absolute Gasteiger partial charge is 0.413 e. The number of amides is 2. The standard InChI is InChI=1S/C13H14BrNO6/c1-3-20-13(18)15-12(17)7-21-11-4-8(6-16)9(14)5-10(11)19-2/h4-6H,3,7H2,1-2H3,(H,15,17,18). The number of halogens is 1. The van der Waals surface area contributed by atoms with E-state index in [1.165, 1.54) is 13.2 Å². The monoisotopic (exact) mass is 359 g/mol. The predicted octanol–water partition coefficient (Wildman–Crippen LogP) is 1.92. The number of carbonyl (C=O) groups excluding carboxylic acids is 3. The first-order valence-corrected chi connectivity index (χ1v) is 6.73. The first kappa shape index (κ1) is 17.0. The minimum atomic E-state index is -0.845. The van der Waals surface area contributed by atoms with Crippen molar-refractivity contribution >= 4 is 34.2 Å². The zero-order valence-electron chi connectivity index (χ0n) is 11.5. The molecule has 2 amide bonds. The van der Waals surface area contributed by atoms with E-state index in [0.717, 1.165) is 0 Å². The maximum absolute atomic E-state index is 11.5. The van der Waals surface area contributed by atoms with Gasteiger partial charge < -0.3 is 14.2 Å². The number of imide groups is 1. The van der Waals surface area contributed by atoms with Crippen LogP contribution in [0.2, 0.25) is 0 Å². The van der Waals surface area contributed by atoms with Crippen LogP contribution in [0, 0.1) is 0 Å². The van der Waals surface area contributed by atoms with E-state index in [0.29, 0.717) is 22.1 Å². The van der Waals surface area contributed by atoms with Crippen molar-refractivity contribution < 1.29 is 28.6 Å². The second-order valence-corrected chi connectivity index (χ2v) is 4.55. The number of alkyl carbamates (subject to hydrolysis) is 1. The summed E-state index contributed by atoms with van der Waals surface area (Å²) in [4.78, 5) is 33.4. The van der Waals surface area contributed by atoms with Gasteiger partial charge in [0.05, 0.1) is 13.7 Å². The van der Waals surface area contributed by atoms with Crippen molar-refractivity contribution in [1.82, 2.24) is 5.32 Å². The third-order valence-corrected chi connectivity index (χ3v) is 2.97. The topological polar surface area (TPSA) is 90.9 Å². The Labute approximate surface area is 129 Å². The molecule has 1 aromatic carbocycles. The molecule has 0 saturated heterocycles. The summed E-state index contributed by atoms with van der Waals surface area (Å²) in [5.41, 5.74) is 0.344. The van der Waals surface area contributed by atoms with Gasteiger partial charge in [0.1, 0.15) is 0 Å². The zero-order valence-corrected chi connectivity index (χ0v) is 13.1. The van der Waals surface area contributed by atoms with E-state index in [1.54, 1.807) is 13.0 Å². The van der Waals surface area contributed by atoms with Crippen LogP contribution in [0.5, 0.6) is 11.5 Å². The summed E-state index contributed by atoms with van der Waals surface area (Å²) in [6.45, 7) is 1.35. The van der Waals surface area contributed by atoms with Crippen LogP contribution in [0.4, 0.5) is 4.79 Å². The van der Waals surface area contributed by atoms with Gasteiger partial charge in [-0.05, 0) is 35.0 Å². The number of nitrogens with one attached hydrogen (secondary N) is 1. The molecule has 0 aliphatic heterocycles. The van der Waals surface area contributed by atoms with Crippen LogP contribution in [0.25, 0.3) is 0 Å². The third kappa shape index (κ3) is 5.07. The highest BCUT2D eigenvalue weighted by atomic mass is 79.9. The molecule has 7 nitrogen and oxygen atoms in total. The molecule has 0 aromatic heterocycles. The molecule has 0 fully saturated rings. The van der Waals surface area contributed by atoms with Gasteiger partial charge in [0, 0.05) is 10.0 Å². The second-order valence-electron chi connectivity index (χ2n) is 3.70. The quantitative estimate of drug-likeness (QED) is 0.780. The molecule has 0 heterocycles. The molecule has 0 atom stereocenters. The van der Waals surface area contributed by atoms with Crippen LogP contribution < -0.4 is 14.8 Å². The molecule has 0 saturated carbocycles. The fourth-order valence-electron chi connectivity index (χ4n) is 1.37. The molecule has 21 heavy (non-hydrogen) atoms. The Bertz CT molecular complexity index is 546. The van der Waals surface area contributed by atoms with Gasteiger partial charge in [0.2, 0.25) is 0 Å². The van der Waals surface area contributed by atoms with Gasteiger partial charge in [0.25, 0.3) is 5.91 Å². The van der Waals surface area contributed by atoms with Gasteiger partial charge in [-0.3, -0.25) is 14.9 Å². The highest BCUT2D eigenvalue weighted by Gasteiger charge is 2.13. The highest BCUT2D eigenvalue weighted by Crippen LogP contribution is 2.32. The lowest BCUT2D eigenvalue weighted by Gasteiger charge is -2.12. The Balaban J connectivity index is 2.72. The number of rotatable bonds is 6. The van der Waals surface area contributed by atoms with Crippen molar-refractivity contribution in [2.75, 3.05) is 20.3 Å². The average molecular weight is 360 g/mol. The maximum atomic E-state index is 11.5. The van der Waals surface area contributed by atoms with Crippen molar-refractivity contribution in [2.24, 2.45) is 0 Å². The number of hydrogen-bond donors (Lipinski definition) is 1. The Hall–Kier alpha value is -2.09. The second kappa shape index (κ2) is 8.25. The number of aldehydes is 1. The van der Waals surface area contributed by atoms with Crippen LogP contribution in [0.15, 0.2) is 16.6 Å². The summed E-state index contributed by atoms with van der Waals surface area (Å²) in [5, 5.41) is 1.98. The molecule has 1 rings (SSSR count). The van der Waals surface area contributed by atoms with Gasteiger partial charge >= 0.3 is 6.09 Å². The van der Waals surface area contributed by atoms with Crippen molar-refractivity contribution in [3.8, 4) is 11.5 Å². The van der Waals surface area contributed by atoms with E-state index in [9.17, 15) is 14.4 Å². The molecule has 8 heteroatoms. The minimum absolute atomic E-state index is 0.156. The number of benzene rings is 1. The molecule has 1 N–H and O–H groups in total. The molecule has 0 spiro atoms. The lowest BCUT2D eigenvalue weighted by Crippen LogP contribution is -2.34. The SMILES string of the molecule is CCOC(=O)NC(=O)COc1cc(C=O)c(Br)cc1OC. The van der Waals surface area contributed by atoms with Crippen LogP contribution in [-0.2, 0) is 9.53 Å². The molecular weight excluding hydrogens is 346 g/mol. The summed E-state index contributed by atoms with van der Waals surface area (Å²) in [5.74, 6) is -0.121. The van der Waals surface area contributed by atoms with Crippen molar-refractivity contribution in [1.29, 1.82) is 0 Å². The van der Waals surface area contributed by atoms with Gasteiger partial charge in [-0.2, -0.15) is 0 Å². The number of carbonyl (C=O) groups is 3. The van der Waals surface area contributed by atoms with Crippen molar-refractivity contribution in [2.45, 2.75) is 6.92 Å². The minimum Gasteiger partial charge on any atom is -0.493 e. The van der Waals surface area contributed by atoms with Crippen LogP contribution in [0.1, 0.15) is 17.3 Å². The van der Waals surface area contributed by atoms with E-state index >= 15 is 0 Å². The summed E-state index contributed by atoms with van der Waals surface area (Å²) in [6, 6.07) is 2.97. The van der Waals surface area contributed by atoms with E-state index < -0.39 is 18.6 Å². The molecule has 0 unspecified atom stereocenters. The normalized spacial score (nSPS) is 9.67. The molecular formula is C13H14BrNO6. The van der Waals surface area contributed by atoms with Crippen LogP contribution >= 0.6 is 15.9 Å². The Morgan fingerprint density at radius 1 is 1.33 bits per heavy atom. The van der Waals surface area contributed by atoms with Crippen LogP contribution in [-0.4, -0.2) is 38.6 Å². The molecule has 0 aliphatic carbocycles. The van der Waals surface area contributed by atoms with E-state index in [1.807, 2.05) is 5.32 Å². The van der Waals surface area contributed by atoms with Crippen molar-refractivity contribution in [3.63, 3.8) is 0 Å². The zero-order chi connectivity index (χ0) is 15.8. The molecule has 0 bridgehead atoms. The summed E-state index contributed by atoms with van der Waals surface area (Å²) in [7, 11) is 1.42. The largest absolute Gasteiger partial charge is 0.493 e. The van der Waals surface area contributed by atoms with Gasteiger partial charge in [0.15, 0.2) is 24.4 Å². The molecule has 1 aromatic rings. The van der Waals surface area contributed by atoms with Crippen LogP contribution in [0.3, 0.4) is 0 Å². The Morgan fingerprint density at radius 3 is 2.62 bits per heavy atom. The molecule has 0 radical (unpaired) electrons. The number of ether oxygens (including phenoxy) is 3. The number of hydrogen-bond acceptors (Lipinski definition) is 6. The summed E-state index contributed by atoms with van der Waals surface area (Å²) < 4.78 is 15.4. The summed E-state index contributed by atoms with van der Waals surface area (Å²) in [6.07, 6.45) is -0.211. The maximum Gasteiger partial charge on any atom is 0.413 e. The van der Waals surface area contributed by atoms with Gasteiger partial charge in [-0.25, -0.2) is 4.79 Å². The lowest BCUT2D eigenvalue weighted by molar-refractivity contribution is -0.122. The van der Waals surface area contributed by atoms with E-state index in [-0.39, 0.29) is 12.4 Å². The fraction of sp³-hybridized carbons (Fsp3) is 0.308. The Morgan fingerprint density at radius 2 is 2.05 bits per heavy atom. The predicted molar refractivity (Wildman–Crippen MR) is 76.7 cm³/mol. The molecule has 0 aliphatic rings. The Kier molecular flexibility index (Phi) is 6.67. The van der Waals surface area contributed by atoms with E-state index in [4.69, 9.17) is 9.47 Å². The number of methoxy groups -OCH3 is 1. The first-order valence-electron chi connectivity index (χ1n) is 5.93. The molecule has 114 valence electrons. The van der Waals surface area contributed by atoms with Gasteiger partial charge in [-0.1, -0.05) is 0 Å². The van der Waals surface area contributed by atoms with Crippen molar-refractivity contribution in [3.05, 3.63) is 22.2 Å². The lowest BCUT2D eigenvalue weighted by atomic mass is 10.2. The van der Waals surface area contributed by atoms with E-state index in [2.05, 4.69) is 20.7 Å². The first-order chi connectivity index (χ1) is 10.0. The third-order valence-electron chi connectivity index (χ3n) is 2.29. The average Bonchev–Trinajstić information content (AvgIpc) is 2.45. The highest BCUT2D eigenvalue weighted by molar-refractivity contribution is 9.10. The van der Waals surface area contributed by atoms with Gasteiger partial charge in [-0.15, -0.1) is 0 Å². The fourth-order valence-corrected chi connectivity index (χ4v) is 1.79. The summed E-state index contributed by atoms with van der Waals surface area (Å²) >= 11 is 3.21.